The predicted octanol–water partition coefficient (Wildman–Crippen LogP) is -0.141. The van der Waals surface area contributed by atoms with Gasteiger partial charge in [0.05, 0.1) is 0 Å². The molecule has 0 saturated carbocycles. The monoisotopic (exact) mass is 238 g/mol. The summed E-state index contributed by atoms with van der Waals surface area (Å²) in [6.07, 6.45) is 0. The van der Waals surface area contributed by atoms with Gasteiger partial charge in [-0.05, 0) is 12.1 Å². The van der Waals surface area contributed by atoms with E-state index < -0.39 is 11.8 Å². The molecule has 0 bridgehead atoms. The minimum absolute atomic E-state index is 0.111. The summed E-state index contributed by atoms with van der Waals surface area (Å²) in [7, 11) is 1.39. The second-order valence-electron chi connectivity index (χ2n) is 3.13. The molecule has 6 heteroatoms. The van der Waals surface area contributed by atoms with Crippen LogP contribution < -0.4 is 15.6 Å². The first kappa shape index (κ1) is 13.0. The first-order valence-corrected chi connectivity index (χ1v) is 4.97. The van der Waals surface area contributed by atoms with Crippen LogP contribution in [0.3, 0.4) is 0 Å². The highest BCUT2D eigenvalue weighted by Gasteiger charge is 2.04. The molecule has 0 radical (unpaired) electrons. The number of hydrazine groups is 1. The summed E-state index contributed by atoms with van der Waals surface area (Å²) in [6.45, 7) is -0.281. The molecule has 1 aromatic rings. The van der Waals surface area contributed by atoms with Gasteiger partial charge in [0.25, 0.3) is 11.8 Å². The summed E-state index contributed by atoms with van der Waals surface area (Å²) >= 11 is 0. The largest absolute Gasteiger partial charge is 0.484 e. The number of benzene rings is 1. The van der Waals surface area contributed by atoms with Crippen LogP contribution in [-0.4, -0.2) is 32.1 Å². The maximum absolute atomic E-state index is 11.2. The molecule has 0 aliphatic rings. The topological polar surface area (TPSA) is 76.7 Å². The van der Waals surface area contributed by atoms with Crippen LogP contribution >= 0.6 is 0 Å². The second-order valence-corrected chi connectivity index (χ2v) is 3.13. The van der Waals surface area contributed by atoms with Crippen LogP contribution in [0, 0.1) is 0 Å². The van der Waals surface area contributed by atoms with Gasteiger partial charge < -0.3 is 9.47 Å². The smallest absolute Gasteiger partial charge is 0.276 e. The number of ether oxygens (including phenoxy) is 2. The molecule has 0 saturated heterocycles. The van der Waals surface area contributed by atoms with Gasteiger partial charge in [0.2, 0.25) is 0 Å². The number of nitrogens with one attached hydrogen (secondary N) is 2. The average molecular weight is 238 g/mol. The van der Waals surface area contributed by atoms with Crippen LogP contribution in [0.2, 0.25) is 0 Å². The minimum Gasteiger partial charge on any atom is -0.484 e. The Kier molecular flexibility index (Phi) is 5.53. The minimum atomic E-state index is -0.446. The van der Waals surface area contributed by atoms with E-state index in [2.05, 4.69) is 15.6 Å². The standard InChI is InChI=1S/C11H14N2O4/c1-16-7-10(14)12-13-11(15)8-17-9-5-3-2-4-6-9/h2-6H,7-8H2,1H3,(H,12,14)(H,13,15). The Balaban J connectivity index is 2.20. The van der Waals surface area contributed by atoms with Crippen molar-refractivity contribution in [3.63, 3.8) is 0 Å². The second kappa shape index (κ2) is 7.24. The molecular formula is C11H14N2O4. The van der Waals surface area contributed by atoms with Crippen molar-refractivity contribution in [2.75, 3.05) is 20.3 Å². The number of methoxy groups -OCH3 is 1. The highest BCUT2D eigenvalue weighted by atomic mass is 16.5. The number of carbonyl (C=O) groups is 2. The number of carbonyl (C=O) groups excluding carboxylic acids is 2. The molecule has 0 heterocycles. The van der Waals surface area contributed by atoms with Crippen LogP contribution in [-0.2, 0) is 14.3 Å². The lowest BCUT2D eigenvalue weighted by Gasteiger charge is -2.08. The Hall–Kier alpha value is -2.08. The molecule has 1 aromatic carbocycles. The van der Waals surface area contributed by atoms with Crippen molar-refractivity contribution in [1.29, 1.82) is 0 Å². The first-order chi connectivity index (χ1) is 8.22. The molecule has 0 spiro atoms. The number of rotatable bonds is 5. The Morgan fingerprint density at radius 1 is 1.06 bits per heavy atom. The Morgan fingerprint density at radius 3 is 2.24 bits per heavy atom. The summed E-state index contributed by atoms with van der Waals surface area (Å²) in [5, 5.41) is 0. The van der Waals surface area contributed by atoms with Gasteiger partial charge in [0.1, 0.15) is 12.4 Å². The van der Waals surface area contributed by atoms with Crippen LogP contribution in [0.4, 0.5) is 0 Å². The van der Waals surface area contributed by atoms with Gasteiger partial charge in [-0.25, -0.2) is 0 Å². The molecule has 2 amide bonds. The maximum Gasteiger partial charge on any atom is 0.276 e. The van der Waals surface area contributed by atoms with Crippen molar-refractivity contribution in [2.24, 2.45) is 0 Å². The SMILES string of the molecule is COCC(=O)NNC(=O)COc1ccccc1. The van der Waals surface area contributed by atoms with E-state index in [1.807, 2.05) is 6.07 Å². The van der Waals surface area contributed by atoms with Crippen LogP contribution in [0.15, 0.2) is 30.3 Å². The third-order valence-electron chi connectivity index (χ3n) is 1.73. The van der Waals surface area contributed by atoms with Gasteiger partial charge in [-0.1, -0.05) is 18.2 Å². The summed E-state index contributed by atoms with van der Waals surface area (Å²) in [6, 6.07) is 8.91. The normalized spacial score (nSPS) is 9.47. The quantitative estimate of drug-likeness (QED) is 0.700. The average Bonchev–Trinajstić information content (AvgIpc) is 2.35. The lowest BCUT2D eigenvalue weighted by atomic mass is 10.3. The first-order valence-electron chi connectivity index (χ1n) is 4.97. The number of hydrogen-bond donors (Lipinski definition) is 2. The van der Waals surface area contributed by atoms with Gasteiger partial charge in [-0.2, -0.15) is 0 Å². The summed E-state index contributed by atoms with van der Waals surface area (Å²) in [5.74, 6) is -0.287. The number of para-hydroxylation sites is 1. The highest BCUT2D eigenvalue weighted by molar-refractivity contribution is 5.83. The third kappa shape index (κ3) is 5.53. The Bertz CT molecular complexity index is 367. The molecule has 0 aliphatic heterocycles. The summed E-state index contributed by atoms with van der Waals surface area (Å²) in [4.78, 5) is 22.2. The molecule has 6 nitrogen and oxygen atoms in total. The zero-order valence-electron chi connectivity index (χ0n) is 9.43. The van der Waals surface area contributed by atoms with Crippen LogP contribution in [0.25, 0.3) is 0 Å². The van der Waals surface area contributed by atoms with Gasteiger partial charge in [-0.3, -0.25) is 20.4 Å². The van der Waals surface area contributed by atoms with E-state index in [-0.39, 0.29) is 13.2 Å². The van der Waals surface area contributed by atoms with Gasteiger partial charge in [-0.15, -0.1) is 0 Å². The summed E-state index contributed by atoms with van der Waals surface area (Å²) in [5.41, 5.74) is 4.37. The molecule has 92 valence electrons. The maximum atomic E-state index is 11.2. The molecule has 0 fully saturated rings. The third-order valence-corrected chi connectivity index (χ3v) is 1.73. The van der Waals surface area contributed by atoms with E-state index in [0.29, 0.717) is 5.75 Å². The fraction of sp³-hybridized carbons (Fsp3) is 0.273. The molecule has 2 N–H and O–H groups in total. The molecule has 1 rings (SSSR count). The van der Waals surface area contributed by atoms with Crippen molar-refractivity contribution in [2.45, 2.75) is 0 Å². The van der Waals surface area contributed by atoms with Crippen molar-refractivity contribution in [3.05, 3.63) is 30.3 Å². The number of hydrogen-bond acceptors (Lipinski definition) is 4. The van der Waals surface area contributed by atoms with Gasteiger partial charge >= 0.3 is 0 Å². The van der Waals surface area contributed by atoms with Crippen molar-refractivity contribution < 1.29 is 19.1 Å². The van der Waals surface area contributed by atoms with Crippen molar-refractivity contribution in [1.82, 2.24) is 10.9 Å². The molecule has 0 aliphatic carbocycles. The summed E-state index contributed by atoms with van der Waals surface area (Å²) < 4.78 is 9.74. The van der Waals surface area contributed by atoms with E-state index in [4.69, 9.17) is 4.74 Å². The van der Waals surface area contributed by atoms with E-state index in [0.717, 1.165) is 0 Å². The van der Waals surface area contributed by atoms with Crippen LogP contribution in [0.5, 0.6) is 5.75 Å². The molecule has 17 heavy (non-hydrogen) atoms. The van der Waals surface area contributed by atoms with E-state index in [1.54, 1.807) is 24.3 Å². The van der Waals surface area contributed by atoms with E-state index in [9.17, 15) is 9.59 Å². The number of amides is 2. The Labute approximate surface area is 98.9 Å². The molecule has 0 atom stereocenters. The van der Waals surface area contributed by atoms with Crippen molar-refractivity contribution >= 4 is 11.8 Å². The van der Waals surface area contributed by atoms with Gasteiger partial charge in [0.15, 0.2) is 6.61 Å². The molecular weight excluding hydrogens is 224 g/mol. The van der Waals surface area contributed by atoms with Crippen molar-refractivity contribution in [3.8, 4) is 5.75 Å². The van der Waals surface area contributed by atoms with E-state index >= 15 is 0 Å². The molecule has 0 unspecified atom stereocenters. The zero-order valence-corrected chi connectivity index (χ0v) is 9.43. The van der Waals surface area contributed by atoms with Crippen LogP contribution in [0.1, 0.15) is 0 Å². The predicted molar refractivity (Wildman–Crippen MR) is 60.1 cm³/mol. The van der Waals surface area contributed by atoms with Gasteiger partial charge in [0, 0.05) is 7.11 Å². The molecule has 0 aromatic heterocycles. The lowest BCUT2D eigenvalue weighted by molar-refractivity contribution is -0.131. The Morgan fingerprint density at radius 2 is 1.65 bits per heavy atom. The fourth-order valence-electron chi connectivity index (χ4n) is 1.01. The fourth-order valence-corrected chi connectivity index (χ4v) is 1.01. The highest BCUT2D eigenvalue weighted by Crippen LogP contribution is 2.07. The lowest BCUT2D eigenvalue weighted by Crippen LogP contribution is -2.45. The van der Waals surface area contributed by atoms with E-state index in [1.165, 1.54) is 7.11 Å². The zero-order chi connectivity index (χ0) is 12.5.